The summed E-state index contributed by atoms with van der Waals surface area (Å²) in [7, 11) is 0. The number of H-pyrrole nitrogens is 2. The fraction of sp³-hybridized carbons (Fsp3) is 0.333. The minimum absolute atomic E-state index is 0.313. The van der Waals surface area contributed by atoms with Gasteiger partial charge in [-0.15, -0.1) is 11.3 Å². The van der Waals surface area contributed by atoms with Gasteiger partial charge in [0.25, 0.3) is 5.56 Å². The highest BCUT2D eigenvalue weighted by Crippen LogP contribution is 2.26. The van der Waals surface area contributed by atoms with Crippen LogP contribution in [-0.4, -0.2) is 9.97 Å². The minimum Gasteiger partial charge on any atom is -0.298 e. The molecule has 0 aliphatic rings. The van der Waals surface area contributed by atoms with Crippen LogP contribution in [0.1, 0.15) is 24.6 Å². The zero-order valence-electron chi connectivity index (χ0n) is 7.88. The van der Waals surface area contributed by atoms with E-state index in [1.807, 2.05) is 6.07 Å². The normalized spacial score (nSPS) is 11.4. The largest absolute Gasteiger partial charge is 0.326 e. The molecule has 0 aliphatic carbocycles. The number of fused-ring (bicyclic) bond motifs is 1. The highest BCUT2D eigenvalue weighted by molar-refractivity contribution is 7.18. The third kappa shape index (κ3) is 1.39. The van der Waals surface area contributed by atoms with E-state index < -0.39 is 5.69 Å². The Kier molecular flexibility index (Phi) is 2.03. The lowest BCUT2D eigenvalue weighted by atomic mass is 10.2. The van der Waals surface area contributed by atoms with Gasteiger partial charge in [-0.3, -0.25) is 14.8 Å². The highest BCUT2D eigenvalue weighted by atomic mass is 32.1. The summed E-state index contributed by atoms with van der Waals surface area (Å²) in [5, 5.41) is 0.568. The second kappa shape index (κ2) is 3.09. The molecule has 0 amide bonds. The zero-order chi connectivity index (χ0) is 10.3. The summed E-state index contributed by atoms with van der Waals surface area (Å²) in [5.41, 5.74) is -0.758. The lowest BCUT2D eigenvalue weighted by Crippen LogP contribution is -2.20. The first-order chi connectivity index (χ1) is 6.58. The average molecular weight is 210 g/mol. The fourth-order valence-electron chi connectivity index (χ4n) is 1.26. The first-order valence-electron chi connectivity index (χ1n) is 4.34. The first kappa shape index (κ1) is 9.21. The second-order valence-electron chi connectivity index (χ2n) is 3.45. The van der Waals surface area contributed by atoms with Crippen LogP contribution in [0.15, 0.2) is 15.7 Å². The van der Waals surface area contributed by atoms with E-state index in [4.69, 9.17) is 0 Å². The molecule has 0 fully saturated rings. The van der Waals surface area contributed by atoms with Crippen LogP contribution in [0.4, 0.5) is 0 Å². The molecule has 2 heterocycles. The van der Waals surface area contributed by atoms with E-state index in [0.717, 1.165) is 4.88 Å². The van der Waals surface area contributed by atoms with E-state index in [-0.39, 0.29) is 5.56 Å². The Bertz CT molecular complexity index is 576. The Morgan fingerprint density at radius 2 is 2.00 bits per heavy atom. The molecule has 0 aliphatic heterocycles. The monoisotopic (exact) mass is 210 g/mol. The molecular formula is C9H10N2O2S. The zero-order valence-corrected chi connectivity index (χ0v) is 8.70. The van der Waals surface area contributed by atoms with E-state index >= 15 is 0 Å². The van der Waals surface area contributed by atoms with Crippen LogP contribution >= 0.6 is 11.3 Å². The van der Waals surface area contributed by atoms with Crippen molar-refractivity contribution in [3.05, 3.63) is 31.8 Å². The van der Waals surface area contributed by atoms with Crippen molar-refractivity contribution in [1.82, 2.24) is 9.97 Å². The maximum absolute atomic E-state index is 11.4. The smallest absolute Gasteiger partial charge is 0.298 e. The van der Waals surface area contributed by atoms with E-state index in [1.165, 1.54) is 11.3 Å². The van der Waals surface area contributed by atoms with Crippen molar-refractivity contribution < 1.29 is 0 Å². The molecular weight excluding hydrogens is 200 g/mol. The van der Waals surface area contributed by atoms with Crippen LogP contribution in [0.2, 0.25) is 0 Å². The molecule has 2 aromatic rings. The summed E-state index contributed by atoms with van der Waals surface area (Å²) < 4.78 is 0. The number of thiophene rings is 1. The van der Waals surface area contributed by atoms with Gasteiger partial charge in [-0.1, -0.05) is 13.8 Å². The predicted octanol–water partition coefficient (Wildman–Crippen LogP) is 1.40. The van der Waals surface area contributed by atoms with Crippen molar-refractivity contribution in [2.45, 2.75) is 19.8 Å². The van der Waals surface area contributed by atoms with Gasteiger partial charge < -0.3 is 0 Å². The summed E-state index contributed by atoms with van der Waals surface area (Å²) in [6.07, 6.45) is 0. The van der Waals surface area contributed by atoms with Gasteiger partial charge in [0.15, 0.2) is 0 Å². The quantitative estimate of drug-likeness (QED) is 0.747. The number of rotatable bonds is 1. The molecule has 0 spiro atoms. The van der Waals surface area contributed by atoms with E-state index in [9.17, 15) is 9.59 Å². The number of hydrogen-bond donors (Lipinski definition) is 2. The number of hydrogen-bond acceptors (Lipinski definition) is 3. The van der Waals surface area contributed by atoms with Gasteiger partial charge in [-0.2, -0.15) is 0 Å². The fourth-order valence-corrected chi connectivity index (χ4v) is 2.31. The van der Waals surface area contributed by atoms with Crippen LogP contribution in [0.3, 0.4) is 0 Å². The van der Waals surface area contributed by atoms with Crippen LogP contribution in [-0.2, 0) is 0 Å². The Labute approximate surface area is 83.6 Å². The van der Waals surface area contributed by atoms with Crippen molar-refractivity contribution in [2.24, 2.45) is 0 Å². The average Bonchev–Trinajstić information content (AvgIpc) is 2.47. The first-order valence-corrected chi connectivity index (χ1v) is 5.15. The Balaban J connectivity index is 2.84. The number of aromatic amines is 2. The summed E-state index contributed by atoms with van der Waals surface area (Å²) in [6.45, 7) is 4.11. The maximum atomic E-state index is 11.4. The van der Waals surface area contributed by atoms with Crippen molar-refractivity contribution in [3.8, 4) is 0 Å². The van der Waals surface area contributed by atoms with Gasteiger partial charge in [0, 0.05) is 4.88 Å². The van der Waals surface area contributed by atoms with Gasteiger partial charge in [0.1, 0.15) is 4.83 Å². The molecule has 2 rings (SSSR count). The van der Waals surface area contributed by atoms with Gasteiger partial charge in [-0.05, 0) is 12.0 Å². The second-order valence-corrected chi connectivity index (χ2v) is 4.54. The minimum atomic E-state index is -0.445. The van der Waals surface area contributed by atoms with Crippen LogP contribution in [0.5, 0.6) is 0 Å². The highest BCUT2D eigenvalue weighted by Gasteiger charge is 2.08. The van der Waals surface area contributed by atoms with Crippen LogP contribution < -0.4 is 11.2 Å². The third-order valence-electron chi connectivity index (χ3n) is 2.02. The Morgan fingerprint density at radius 1 is 1.29 bits per heavy atom. The summed E-state index contributed by atoms with van der Waals surface area (Å²) in [6, 6.07) is 1.83. The molecule has 0 bridgehead atoms. The summed E-state index contributed by atoms with van der Waals surface area (Å²) in [5.74, 6) is 0.371. The van der Waals surface area contributed by atoms with E-state index in [2.05, 4.69) is 23.8 Å². The lowest BCUT2D eigenvalue weighted by molar-refractivity contribution is 0.890. The molecule has 2 aromatic heterocycles. The molecule has 5 heteroatoms. The van der Waals surface area contributed by atoms with Crippen molar-refractivity contribution in [1.29, 1.82) is 0 Å². The molecule has 14 heavy (non-hydrogen) atoms. The molecule has 74 valence electrons. The van der Waals surface area contributed by atoms with Gasteiger partial charge in [0.05, 0.1) is 5.39 Å². The predicted molar refractivity (Wildman–Crippen MR) is 57.2 cm³/mol. The topological polar surface area (TPSA) is 65.7 Å². The molecule has 0 saturated carbocycles. The molecule has 0 radical (unpaired) electrons. The Morgan fingerprint density at radius 3 is 2.64 bits per heavy atom. The molecule has 0 saturated heterocycles. The molecule has 0 atom stereocenters. The SMILES string of the molecule is CC(C)c1cc2c(=O)[nH]c(=O)[nH]c2s1. The third-order valence-corrected chi connectivity index (χ3v) is 3.37. The summed E-state index contributed by atoms with van der Waals surface area (Å²) >= 11 is 1.46. The van der Waals surface area contributed by atoms with Gasteiger partial charge >= 0.3 is 5.69 Å². The van der Waals surface area contributed by atoms with E-state index in [1.54, 1.807) is 0 Å². The van der Waals surface area contributed by atoms with Crippen LogP contribution in [0, 0.1) is 0 Å². The number of aromatic nitrogens is 2. The lowest BCUT2D eigenvalue weighted by Gasteiger charge is -1.95. The molecule has 2 N–H and O–H groups in total. The molecule has 4 nitrogen and oxygen atoms in total. The maximum Gasteiger partial charge on any atom is 0.326 e. The molecule has 0 unspecified atom stereocenters. The van der Waals surface area contributed by atoms with Crippen molar-refractivity contribution >= 4 is 21.6 Å². The molecule has 0 aromatic carbocycles. The van der Waals surface area contributed by atoms with Gasteiger partial charge in [-0.25, -0.2) is 4.79 Å². The van der Waals surface area contributed by atoms with Crippen molar-refractivity contribution in [2.75, 3.05) is 0 Å². The standard InChI is InChI=1S/C9H10N2O2S/c1-4(2)6-3-5-7(12)10-9(13)11-8(5)14-6/h3-4H,1-2H3,(H2,10,11,12,13). The number of nitrogens with one attached hydrogen (secondary N) is 2. The Hall–Kier alpha value is -1.36. The summed E-state index contributed by atoms with van der Waals surface area (Å²) in [4.78, 5) is 28.9. The van der Waals surface area contributed by atoms with E-state index in [0.29, 0.717) is 16.1 Å². The van der Waals surface area contributed by atoms with Gasteiger partial charge in [0.2, 0.25) is 0 Å². The van der Waals surface area contributed by atoms with Crippen molar-refractivity contribution in [3.63, 3.8) is 0 Å². The van der Waals surface area contributed by atoms with Crippen LogP contribution in [0.25, 0.3) is 10.2 Å².